The third-order valence-electron chi connectivity index (χ3n) is 1.93. The average molecular weight is 185 g/mol. The summed E-state index contributed by atoms with van der Waals surface area (Å²) in [5, 5.41) is 4.24. The van der Waals surface area contributed by atoms with Crippen LogP contribution in [0.4, 0.5) is 5.82 Å². The van der Waals surface area contributed by atoms with E-state index in [1.165, 1.54) is 0 Å². The minimum absolute atomic E-state index is 0.697. The molecule has 1 N–H and O–H groups in total. The summed E-state index contributed by atoms with van der Waals surface area (Å²) in [5.41, 5.74) is 0.900. The van der Waals surface area contributed by atoms with Crippen molar-refractivity contribution in [1.29, 1.82) is 0 Å². The molecule has 70 valence electrons. The Balaban J connectivity index is 2.48. The molecule has 0 aliphatic heterocycles. The van der Waals surface area contributed by atoms with Gasteiger partial charge in [-0.2, -0.15) is 0 Å². The van der Waals surface area contributed by atoms with Gasteiger partial charge < -0.3 is 5.32 Å². The Hall–Kier alpha value is -1.90. The first-order valence-corrected chi connectivity index (χ1v) is 4.46. The molecule has 0 aliphatic carbocycles. The van der Waals surface area contributed by atoms with Crippen LogP contribution in [0.2, 0.25) is 0 Å². The smallest absolute Gasteiger partial charge is 0.152 e. The van der Waals surface area contributed by atoms with E-state index in [9.17, 15) is 0 Å². The van der Waals surface area contributed by atoms with Gasteiger partial charge in [0, 0.05) is 24.3 Å². The summed E-state index contributed by atoms with van der Waals surface area (Å²) in [5.74, 6) is 0.808. The molecule has 2 aromatic heterocycles. The summed E-state index contributed by atoms with van der Waals surface area (Å²) in [6.45, 7) is 4.34. The number of nitrogens with zero attached hydrogens (tertiary/aromatic N) is 2. The predicted octanol–water partition coefficient (Wildman–Crippen LogP) is 2.23. The van der Waals surface area contributed by atoms with E-state index in [2.05, 4.69) is 21.9 Å². The van der Waals surface area contributed by atoms with Crippen molar-refractivity contribution in [1.82, 2.24) is 9.97 Å². The van der Waals surface area contributed by atoms with Gasteiger partial charge in [0.25, 0.3) is 0 Å². The zero-order valence-electron chi connectivity index (χ0n) is 7.77. The van der Waals surface area contributed by atoms with Crippen LogP contribution >= 0.6 is 0 Å². The molecule has 0 radical (unpaired) electrons. The van der Waals surface area contributed by atoms with Crippen LogP contribution in [0.3, 0.4) is 0 Å². The maximum Gasteiger partial charge on any atom is 0.152 e. The van der Waals surface area contributed by atoms with Gasteiger partial charge in [-0.1, -0.05) is 12.1 Å². The molecule has 2 rings (SSSR count). The molecule has 0 fully saturated rings. The van der Waals surface area contributed by atoms with E-state index in [0.717, 1.165) is 16.7 Å². The molecule has 0 atom stereocenters. The number of anilines is 1. The van der Waals surface area contributed by atoms with E-state index >= 15 is 0 Å². The molecule has 14 heavy (non-hydrogen) atoms. The second kappa shape index (κ2) is 3.87. The fourth-order valence-electron chi connectivity index (χ4n) is 1.30. The maximum absolute atomic E-state index is 4.27. The molecule has 0 saturated carbocycles. The Morgan fingerprint density at radius 2 is 2.21 bits per heavy atom. The van der Waals surface area contributed by atoms with E-state index in [1.807, 2.05) is 18.2 Å². The van der Waals surface area contributed by atoms with Crippen LogP contribution < -0.4 is 5.32 Å². The Labute approximate surface area is 82.5 Å². The number of nitrogens with one attached hydrogen (secondary N) is 1. The Morgan fingerprint density at radius 1 is 1.29 bits per heavy atom. The molecule has 0 spiro atoms. The molecule has 2 heterocycles. The summed E-state index contributed by atoms with van der Waals surface area (Å²) in [6.07, 6.45) is 5.34. The monoisotopic (exact) mass is 185 g/mol. The van der Waals surface area contributed by atoms with Crippen LogP contribution in [-0.4, -0.2) is 16.5 Å². The van der Waals surface area contributed by atoms with Crippen molar-refractivity contribution in [2.45, 2.75) is 0 Å². The van der Waals surface area contributed by atoms with Crippen molar-refractivity contribution in [2.24, 2.45) is 0 Å². The second-order valence-electron chi connectivity index (χ2n) is 2.90. The molecular formula is C11H11N3. The van der Waals surface area contributed by atoms with Crippen LogP contribution in [0.1, 0.15) is 0 Å². The lowest BCUT2D eigenvalue weighted by molar-refractivity contribution is 1.23. The number of rotatable bonds is 3. The van der Waals surface area contributed by atoms with Crippen molar-refractivity contribution in [3.05, 3.63) is 43.2 Å². The van der Waals surface area contributed by atoms with Crippen molar-refractivity contribution in [3.63, 3.8) is 0 Å². The van der Waals surface area contributed by atoms with Crippen molar-refractivity contribution in [2.75, 3.05) is 11.9 Å². The standard InChI is InChI=1S/C11H11N3/c1-2-6-13-11-10-9(5-8-14-11)4-3-7-12-10/h2-5,7-8H,1,6H2,(H,13,14). The van der Waals surface area contributed by atoms with Gasteiger partial charge in [-0.25, -0.2) is 4.98 Å². The first kappa shape index (κ1) is 8.69. The van der Waals surface area contributed by atoms with Crippen LogP contribution in [0.25, 0.3) is 10.9 Å². The average Bonchev–Trinajstić information content (AvgIpc) is 2.26. The molecule has 2 aromatic rings. The van der Waals surface area contributed by atoms with E-state index in [0.29, 0.717) is 6.54 Å². The van der Waals surface area contributed by atoms with Gasteiger partial charge in [0.15, 0.2) is 5.82 Å². The molecule has 0 amide bonds. The molecular weight excluding hydrogens is 174 g/mol. The van der Waals surface area contributed by atoms with E-state index < -0.39 is 0 Å². The number of hydrogen-bond acceptors (Lipinski definition) is 3. The fraction of sp³-hybridized carbons (Fsp3) is 0.0909. The highest BCUT2D eigenvalue weighted by Gasteiger charge is 2.00. The van der Waals surface area contributed by atoms with Gasteiger partial charge in [-0.05, 0) is 12.1 Å². The highest BCUT2D eigenvalue weighted by molar-refractivity contribution is 5.87. The normalized spacial score (nSPS) is 10.0. The zero-order chi connectivity index (χ0) is 9.80. The molecule has 0 aromatic carbocycles. The van der Waals surface area contributed by atoms with Gasteiger partial charge in [-0.15, -0.1) is 6.58 Å². The Morgan fingerprint density at radius 3 is 3.07 bits per heavy atom. The van der Waals surface area contributed by atoms with E-state index in [1.54, 1.807) is 18.5 Å². The zero-order valence-corrected chi connectivity index (χ0v) is 7.77. The summed E-state index contributed by atoms with van der Waals surface area (Å²) >= 11 is 0. The van der Waals surface area contributed by atoms with Gasteiger partial charge in [0.2, 0.25) is 0 Å². The molecule has 0 aliphatic rings. The van der Waals surface area contributed by atoms with Gasteiger partial charge in [0.05, 0.1) is 0 Å². The summed E-state index contributed by atoms with van der Waals surface area (Å²) in [6, 6.07) is 5.88. The topological polar surface area (TPSA) is 37.8 Å². The van der Waals surface area contributed by atoms with Crippen molar-refractivity contribution >= 4 is 16.7 Å². The number of fused-ring (bicyclic) bond motifs is 1. The Bertz CT molecular complexity index is 446. The molecule has 0 unspecified atom stereocenters. The number of aromatic nitrogens is 2. The minimum atomic E-state index is 0.697. The second-order valence-corrected chi connectivity index (χ2v) is 2.90. The van der Waals surface area contributed by atoms with Crippen LogP contribution in [0.15, 0.2) is 43.2 Å². The molecule has 0 saturated heterocycles. The summed E-state index contributed by atoms with van der Waals surface area (Å²) in [4.78, 5) is 8.50. The van der Waals surface area contributed by atoms with Crippen molar-refractivity contribution < 1.29 is 0 Å². The van der Waals surface area contributed by atoms with Gasteiger partial charge >= 0.3 is 0 Å². The van der Waals surface area contributed by atoms with Crippen LogP contribution in [0.5, 0.6) is 0 Å². The Kier molecular flexibility index (Phi) is 2.40. The lowest BCUT2D eigenvalue weighted by Gasteiger charge is -2.04. The summed E-state index contributed by atoms with van der Waals surface area (Å²) < 4.78 is 0. The number of pyridine rings is 2. The van der Waals surface area contributed by atoms with Crippen LogP contribution in [-0.2, 0) is 0 Å². The quantitative estimate of drug-likeness (QED) is 0.745. The third-order valence-corrected chi connectivity index (χ3v) is 1.93. The number of hydrogen-bond donors (Lipinski definition) is 1. The largest absolute Gasteiger partial charge is 0.365 e. The van der Waals surface area contributed by atoms with Crippen molar-refractivity contribution in [3.8, 4) is 0 Å². The SMILES string of the molecule is C=CCNc1nccc2cccnc12. The minimum Gasteiger partial charge on any atom is -0.365 e. The molecule has 0 bridgehead atoms. The maximum atomic E-state index is 4.27. The lowest BCUT2D eigenvalue weighted by Crippen LogP contribution is -2.01. The summed E-state index contributed by atoms with van der Waals surface area (Å²) in [7, 11) is 0. The highest BCUT2D eigenvalue weighted by Crippen LogP contribution is 2.17. The van der Waals surface area contributed by atoms with E-state index in [4.69, 9.17) is 0 Å². The van der Waals surface area contributed by atoms with Gasteiger partial charge in [0.1, 0.15) is 5.52 Å². The fourth-order valence-corrected chi connectivity index (χ4v) is 1.30. The van der Waals surface area contributed by atoms with Gasteiger partial charge in [-0.3, -0.25) is 4.98 Å². The molecule has 3 heteroatoms. The predicted molar refractivity (Wildman–Crippen MR) is 58.2 cm³/mol. The first-order chi connectivity index (χ1) is 6.92. The van der Waals surface area contributed by atoms with E-state index in [-0.39, 0.29) is 0 Å². The van der Waals surface area contributed by atoms with Crippen LogP contribution in [0, 0.1) is 0 Å². The molecule has 3 nitrogen and oxygen atoms in total. The lowest BCUT2D eigenvalue weighted by atomic mass is 10.2. The third kappa shape index (κ3) is 1.57. The highest BCUT2D eigenvalue weighted by atomic mass is 15.0. The first-order valence-electron chi connectivity index (χ1n) is 4.46.